The second kappa shape index (κ2) is 2.65. The summed E-state index contributed by atoms with van der Waals surface area (Å²) in [5, 5.41) is 3.12. The average Bonchev–Trinajstić information content (AvgIpc) is 2.47. The minimum Gasteiger partial charge on any atom is -0.382 e. The van der Waals surface area contributed by atoms with Crippen LogP contribution in [-0.4, -0.2) is 23.2 Å². The highest BCUT2D eigenvalue weighted by molar-refractivity contribution is 5.81. The summed E-state index contributed by atoms with van der Waals surface area (Å²) in [5.74, 6) is 1.43. The van der Waals surface area contributed by atoms with Crippen molar-refractivity contribution in [3.63, 3.8) is 0 Å². The van der Waals surface area contributed by atoms with Gasteiger partial charge in [0.15, 0.2) is 11.6 Å². The SMILES string of the molecule is CCN1CNc2c(N)nc(N)nc21. The molecule has 0 amide bonds. The third-order valence-corrected chi connectivity index (χ3v) is 2.06. The summed E-state index contributed by atoms with van der Waals surface area (Å²) in [6, 6.07) is 0. The molecule has 2 rings (SSSR count). The van der Waals surface area contributed by atoms with Crippen LogP contribution >= 0.6 is 0 Å². The van der Waals surface area contributed by atoms with Crippen molar-refractivity contribution >= 4 is 23.3 Å². The van der Waals surface area contributed by atoms with Gasteiger partial charge in [-0.2, -0.15) is 9.97 Å². The summed E-state index contributed by atoms with van der Waals surface area (Å²) >= 11 is 0. The van der Waals surface area contributed by atoms with Gasteiger partial charge in [-0.3, -0.25) is 0 Å². The molecule has 70 valence electrons. The first-order valence-corrected chi connectivity index (χ1v) is 4.14. The highest BCUT2D eigenvalue weighted by atomic mass is 15.3. The highest BCUT2D eigenvalue weighted by Crippen LogP contribution is 2.33. The lowest BCUT2D eigenvalue weighted by atomic mass is 10.4. The fraction of sp³-hybridized carbons (Fsp3) is 0.429. The predicted octanol–water partition coefficient (Wildman–Crippen LogP) is -0.150. The van der Waals surface area contributed by atoms with E-state index in [0.717, 1.165) is 18.1 Å². The number of aromatic nitrogens is 2. The fourth-order valence-corrected chi connectivity index (χ4v) is 1.39. The Morgan fingerprint density at radius 2 is 2.23 bits per heavy atom. The molecule has 0 spiro atoms. The van der Waals surface area contributed by atoms with Crippen molar-refractivity contribution < 1.29 is 0 Å². The number of nitrogens with two attached hydrogens (primary N) is 2. The van der Waals surface area contributed by atoms with Crippen molar-refractivity contribution in [3.05, 3.63) is 0 Å². The van der Waals surface area contributed by atoms with E-state index in [2.05, 4.69) is 15.3 Å². The maximum Gasteiger partial charge on any atom is 0.224 e. The minimum atomic E-state index is 0.221. The Balaban J connectivity index is 2.51. The molecule has 0 fully saturated rings. The largest absolute Gasteiger partial charge is 0.382 e. The van der Waals surface area contributed by atoms with Crippen LogP contribution in [0.4, 0.5) is 23.3 Å². The van der Waals surface area contributed by atoms with E-state index in [-0.39, 0.29) is 5.95 Å². The minimum absolute atomic E-state index is 0.221. The Morgan fingerprint density at radius 3 is 2.92 bits per heavy atom. The van der Waals surface area contributed by atoms with Gasteiger partial charge >= 0.3 is 0 Å². The van der Waals surface area contributed by atoms with Gasteiger partial charge in [-0.25, -0.2) is 0 Å². The molecule has 2 heterocycles. The first-order chi connectivity index (χ1) is 6.22. The zero-order valence-electron chi connectivity index (χ0n) is 7.41. The monoisotopic (exact) mass is 180 g/mol. The smallest absolute Gasteiger partial charge is 0.224 e. The van der Waals surface area contributed by atoms with Crippen molar-refractivity contribution in [1.82, 2.24) is 9.97 Å². The molecule has 1 aromatic rings. The Bertz CT molecular complexity index is 336. The zero-order valence-corrected chi connectivity index (χ0v) is 7.41. The highest BCUT2D eigenvalue weighted by Gasteiger charge is 2.22. The first-order valence-electron chi connectivity index (χ1n) is 4.14. The fourth-order valence-electron chi connectivity index (χ4n) is 1.39. The number of hydrogen-bond donors (Lipinski definition) is 3. The van der Waals surface area contributed by atoms with Gasteiger partial charge in [-0.05, 0) is 6.92 Å². The lowest BCUT2D eigenvalue weighted by Crippen LogP contribution is -2.22. The maximum atomic E-state index is 5.67. The molecule has 6 heteroatoms. The van der Waals surface area contributed by atoms with E-state index < -0.39 is 0 Å². The molecule has 0 bridgehead atoms. The Labute approximate surface area is 75.9 Å². The summed E-state index contributed by atoms with van der Waals surface area (Å²) in [7, 11) is 0. The molecule has 0 radical (unpaired) electrons. The van der Waals surface area contributed by atoms with Crippen molar-refractivity contribution in [3.8, 4) is 0 Å². The lowest BCUT2D eigenvalue weighted by Gasteiger charge is -2.13. The van der Waals surface area contributed by atoms with Crippen LogP contribution in [0.1, 0.15) is 6.92 Å². The van der Waals surface area contributed by atoms with Gasteiger partial charge in [0.1, 0.15) is 5.69 Å². The van der Waals surface area contributed by atoms with E-state index in [4.69, 9.17) is 11.5 Å². The molecule has 0 aromatic carbocycles. The molecule has 0 aliphatic carbocycles. The summed E-state index contributed by atoms with van der Waals surface area (Å²) in [4.78, 5) is 10.0. The van der Waals surface area contributed by atoms with E-state index in [1.807, 2.05) is 11.8 Å². The van der Waals surface area contributed by atoms with Crippen LogP contribution in [-0.2, 0) is 0 Å². The van der Waals surface area contributed by atoms with E-state index in [1.165, 1.54) is 0 Å². The van der Waals surface area contributed by atoms with E-state index in [1.54, 1.807) is 0 Å². The third kappa shape index (κ3) is 1.10. The van der Waals surface area contributed by atoms with E-state index >= 15 is 0 Å². The van der Waals surface area contributed by atoms with Gasteiger partial charge in [0.25, 0.3) is 0 Å². The second-order valence-corrected chi connectivity index (χ2v) is 2.86. The molecule has 0 atom stereocenters. The van der Waals surface area contributed by atoms with Crippen LogP contribution in [0.25, 0.3) is 0 Å². The molecule has 6 nitrogen and oxygen atoms in total. The van der Waals surface area contributed by atoms with Gasteiger partial charge in [0.2, 0.25) is 5.95 Å². The average molecular weight is 180 g/mol. The molecule has 0 unspecified atom stereocenters. The molecule has 0 saturated heterocycles. The van der Waals surface area contributed by atoms with Crippen LogP contribution in [0, 0.1) is 0 Å². The van der Waals surface area contributed by atoms with Crippen LogP contribution in [0.5, 0.6) is 0 Å². The summed E-state index contributed by atoms with van der Waals surface area (Å²) in [6.07, 6.45) is 0. The standard InChI is InChI=1S/C7H12N6/c1-2-13-3-10-4-5(8)11-7(9)12-6(4)13/h10H,2-3H2,1H3,(H4,8,9,11,12). The van der Waals surface area contributed by atoms with Gasteiger partial charge in [0.05, 0.1) is 6.67 Å². The normalized spacial score (nSPS) is 14.1. The van der Waals surface area contributed by atoms with Gasteiger partial charge in [-0.15, -0.1) is 0 Å². The van der Waals surface area contributed by atoms with Gasteiger partial charge in [0, 0.05) is 6.54 Å². The molecule has 0 saturated carbocycles. The maximum absolute atomic E-state index is 5.67. The number of anilines is 4. The van der Waals surface area contributed by atoms with Crippen molar-refractivity contribution in [2.75, 3.05) is 34.9 Å². The lowest BCUT2D eigenvalue weighted by molar-refractivity contribution is 0.893. The Hall–Kier alpha value is -1.72. The van der Waals surface area contributed by atoms with Crippen molar-refractivity contribution in [2.45, 2.75) is 6.92 Å². The quantitative estimate of drug-likeness (QED) is 0.556. The Kier molecular flexibility index (Phi) is 1.61. The third-order valence-electron chi connectivity index (χ3n) is 2.06. The number of nitrogen functional groups attached to an aromatic ring is 2. The van der Waals surface area contributed by atoms with Crippen LogP contribution in [0.3, 0.4) is 0 Å². The molecular weight excluding hydrogens is 168 g/mol. The number of hydrogen-bond acceptors (Lipinski definition) is 6. The van der Waals surface area contributed by atoms with Crippen molar-refractivity contribution in [2.24, 2.45) is 0 Å². The second-order valence-electron chi connectivity index (χ2n) is 2.86. The summed E-state index contributed by atoms with van der Waals surface area (Å²) in [5.41, 5.74) is 11.9. The van der Waals surface area contributed by atoms with Crippen molar-refractivity contribution in [1.29, 1.82) is 0 Å². The molecular formula is C7H12N6. The summed E-state index contributed by atoms with van der Waals surface area (Å²) < 4.78 is 0. The number of fused-ring (bicyclic) bond motifs is 1. The molecule has 5 N–H and O–H groups in total. The van der Waals surface area contributed by atoms with Gasteiger partial charge in [-0.1, -0.05) is 0 Å². The van der Waals surface area contributed by atoms with E-state index in [0.29, 0.717) is 12.5 Å². The van der Waals surface area contributed by atoms with Crippen LogP contribution < -0.4 is 21.7 Å². The Morgan fingerprint density at radius 1 is 1.46 bits per heavy atom. The molecule has 1 aliphatic rings. The topological polar surface area (TPSA) is 93.1 Å². The van der Waals surface area contributed by atoms with Gasteiger partial charge < -0.3 is 21.7 Å². The number of rotatable bonds is 1. The summed E-state index contributed by atoms with van der Waals surface area (Å²) in [6.45, 7) is 3.63. The van der Waals surface area contributed by atoms with E-state index in [9.17, 15) is 0 Å². The molecule has 13 heavy (non-hydrogen) atoms. The number of nitrogens with one attached hydrogen (secondary N) is 1. The molecule has 1 aliphatic heterocycles. The van der Waals surface area contributed by atoms with Crippen LogP contribution in [0.2, 0.25) is 0 Å². The van der Waals surface area contributed by atoms with Crippen LogP contribution in [0.15, 0.2) is 0 Å². The first kappa shape index (κ1) is 7.90. The predicted molar refractivity (Wildman–Crippen MR) is 52.4 cm³/mol. The number of nitrogens with zero attached hydrogens (tertiary/aromatic N) is 3. The molecule has 1 aromatic heterocycles. The zero-order chi connectivity index (χ0) is 9.42.